The average molecular weight is 272 g/mol. The van der Waals surface area contributed by atoms with Crippen molar-refractivity contribution >= 4 is 18.5 Å². The van der Waals surface area contributed by atoms with E-state index in [0.29, 0.717) is 0 Å². The molecule has 0 bridgehead atoms. The van der Waals surface area contributed by atoms with Gasteiger partial charge in [0.2, 0.25) is 0 Å². The minimum Gasteiger partial charge on any atom is -0.385 e. The molecular weight excluding hydrogens is 251 g/mol. The van der Waals surface area contributed by atoms with Crippen molar-refractivity contribution in [3.05, 3.63) is 60.7 Å². The van der Waals surface area contributed by atoms with Crippen LogP contribution in [0.15, 0.2) is 60.7 Å². The van der Waals surface area contributed by atoms with Crippen LogP contribution in [0.4, 0.5) is 0 Å². The smallest absolute Gasteiger partial charge is 0.0462 e. The Labute approximate surface area is 117 Å². The standard InChI is InChI=1S/C17H21OP/c1-18-14-8-9-15-19(16-10-4-2-5-11-16)17-12-6-3-7-13-17/h2-7,10-13H,8-9,14-15H2,1H3. The summed E-state index contributed by atoms with van der Waals surface area (Å²) >= 11 is 0. The van der Waals surface area contributed by atoms with E-state index in [-0.39, 0.29) is 7.92 Å². The van der Waals surface area contributed by atoms with E-state index in [4.69, 9.17) is 4.74 Å². The van der Waals surface area contributed by atoms with Crippen molar-refractivity contribution in [2.45, 2.75) is 12.8 Å². The lowest BCUT2D eigenvalue weighted by atomic mass is 10.3. The first-order chi connectivity index (χ1) is 9.42. The molecule has 0 spiro atoms. The molecule has 0 aliphatic rings. The number of hydrogen-bond acceptors (Lipinski definition) is 1. The van der Waals surface area contributed by atoms with Crippen LogP contribution in [0.25, 0.3) is 0 Å². The zero-order chi connectivity index (χ0) is 13.3. The first kappa shape index (κ1) is 14.2. The van der Waals surface area contributed by atoms with Gasteiger partial charge in [0.25, 0.3) is 0 Å². The van der Waals surface area contributed by atoms with E-state index in [1.807, 2.05) is 0 Å². The average Bonchev–Trinajstić information content (AvgIpc) is 2.49. The number of benzene rings is 2. The van der Waals surface area contributed by atoms with Gasteiger partial charge in [-0.3, -0.25) is 0 Å². The SMILES string of the molecule is COCCCCP(c1ccccc1)c1ccccc1. The lowest BCUT2D eigenvalue weighted by Gasteiger charge is -2.18. The Bertz CT molecular complexity index is 416. The molecule has 0 unspecified atom stereocenters. The summed E-state index contributed by atoms with van der Waals surface area (Å²) in [6, 6.07) is 21.8. The Kier molecular flexibility index (Phi) is 6.07. The molecule has 0 aromatic heterocycles. The van der Waals surface area contributed by atoms with Crippen molar-refractivity contribution in [1.29, 1.82) is 0 Å². The summed E-state index contributed by atoms with van der Waals surface area (Å²) in [5.41, 5.74) is 0. The van der Waals surface area contributed by atoms with E-state index in [1.54, 1.807) is 7.11 Å². The fourth-order valence-electron chi connectivity index (χ4n) is 2.14. The van der Waals surface area contributed by atoms with Crippen LogP contribution >= 0.6 is 7.92 Å². The monoisotopic (exact) mass is 272 g/mol. The number of unbranched alkanes of at least 4 members (excludes halogenated alkanes) is 1. The Morgan fingerprint density at radius 1 is 0.789 bits per heavy atom. The van der Waals surface area contributed by atoms with E-state index in [9.17, 15) is 0 Å². The molecule has 0 fully saturated rings. The Hall–Kier alpha value is -1.17. The molecule has 0 atom stereocenters. The highest BCUT2D eigenvalue weighted by atomic mass is 31.1. The van der Waals surface area contributed by atoms with Crippen LogP contribution in [-0.4, -0.2) is 19.9 Å². The molecule has 0 heterocycles. The summed E-state index contributed by atoms with van der Waals surface area (Å²) in [6.07, 6.45) is 3.62. The van der Waals surface area contributed by atoms with Gasteiger partial charge in [-0.05, 0) is 37.5 Å². The molecule has 0 amide bonds. The fourth-order valence-corrected chi connectivity index (χ4v) is 4.56. The van der Waals surface area contributed by atoms with Crippen LogP contribution in [0.3, 0.4) is 0 Å². The number of rotatable bonds is 7. The van der Waals surface area contributed by atoms with E-state index in [0.717, 1.165) is 13.0 Å². The summed E-state index contributed by atoms with van der Waals surface area (Å²) in [4.78, 5) is 0. The van der Waals surface area contributed by atoms with Crippen LogP contribution in [0, 0.1) is 0 Å². The van der Waals surface area contributed by atoms with Crippen molar-refractivity contribution in [1.82, 2.24) is 0 Å². The van der Waals surface area contributed by atoms with Gasteiger partial charge < -0.3 is 4.74 Å². The van der Waals surface area contributed by atoms with E-state index >= 15 is 0 Å². The fraction of sp³-hybridized carbons (Fsp3) is 0.294. The normalized spacial score (nSPS) is 10.8. The number of ether oxygens (including phenoxy) is 1. The van der Waals surface area contributed by atoms with Gasteiger partial charge in [0.1, 0.15) is 0 Å². The van der Waals surface area contributed by atoms with Crippen molar-refractivity contribution in [2.75, 3.05) is 19.9 Å². The van der Waals surface area contributed by atoms with E-state index < -0.39 is 0 Å². The Balaban J connectivity index is 2.10. The second kappa shape index (κ2) is 8.09. The summed E-state index contributed by atoms with van der Waals surface area (Å²) < 4.78 is 5.14. The summed E-state index contributed by atoms with van der Waals surface area (Å²) in [7, 11) is 1.55. The second-order valence-electron chi connectivity index (χ2n) is 4.52. The maximum Gasteiger partial charge on any atom is 0.0462 e. The molecule has 100 valence electrons. The molecule has 2 aromatic carbocycles. The highest BCUT2D eigenvalue weighted by Crippen LogP contribution is 2.34. The molecule has 0 aliphatic carbocycles. The maximum atomic E-state index is 5.14. The van der Waals surface area contributed by atoms with Crippen LogP contribution in [0.5, 0.6) is 0 Å². The minimum atomic E-state index is -0.223. The minimum absolute atomic E-state index is 0.223. The van der Waals surface area contributed by atoms with Crippen LogP contribution in [0.2, 0.25) is 0 Å². The zero-order valence-electron chi connectivity index (χ0n) is 11.5. The van der Waals surface area contributed by atoms with Gasteiger partial charge in [0.15, 0.2) is 0 Å². The lowest BCUT2D eigenvalue weighted by molar-refractivity contribution is 0.194. The molecule has 19 heavy (non-hydrogen) atoms. The number of hydrogen-bond donors (Lipinski definition) is 0. The van der Waals surface area contributed by atoms with Crippen LogP contribution in [-0.2, 0) is 4.74 Å². The molecular formula is C17H21OP. The first-order valence-corrected chi connectivity index (χ1v) is 8.31. The molecule has 0 N–H and O–H groups in total. The molecule has 0 radical (unpaired) electrons. The first-order valence-electron chi connectivity index (χ1n) is 6.78. The summed E-state index contributed by atoms with van der Waals surface area (Å²) in [5, 5.41) is 2.95. The molecule has 2 heteroatoms. The second-order valence-corrected chi connectivity index (χ2v) is 6.86. The van der Waals surface area contributed by atoms with Gasteiger partial charge in [0.05, 0.1) is 0 Å². The maximum absolute atomic E-state index is 5.14. The van der Waals surface area contributed by atoms with Crippen LogP contribution in [0.1, 0.15) is 12.8 Å². The number of methoxy groups -OCH3 is 1. The van der Waals surface area contributed by atoms with Crippen molar-refractivity contribution in [3.63, 3.8) is 0 Å². The summed E-state index contributed by atoms with van der Waals surface area (Å²) in [5.74, 6) is 0. The van der Waals surface area contributed by atoms with Gasteiger partial charge >= 0.3 is 0 Å². The summed E-state index contributed by atoms with van der Waals surface area (Å²) in [6.45, 7) is 0.868. The van der Waals surface area contributed by atoms with Crippen molar-refractivity contribution in [3.8, 4) is 0 Å². The van der Waals surface area contributed by atoms with E-state index in [2.05, 4.69) is 60.7 Å². The predicted molar refractivity (Wildman–Crippen MR) is 85.0 cm³/mol. The molecule has 1 nitrogen and oxygen atoms in total. The highest BCUT2D eigenvalue weighted by molar-refractivity contribution is 7.73. The molecule has 0 saturated heterocycles. The molecule has 0 saturated carbocycles. The largest absolute Gasteiger partial charge is 0.385 e. The topological polar surface area (TPSA) is 9.23 Å². The molecule has 2 aromatic rings. The third-order valence-electron chi connectivity index (χ3n) is 3.12. The van der Waals surface area contributed by atoms with Crippen molar-refractivity contribution < 1.29 is 4.74 Å². The van der Waals surface area contributed by atoms with Crippen molar-refractivity contribution in [2.24, 2.45) is 0 Å². The van der Waals surface area contributed by atoms with Gasteiger partial charge in [-0.2, -0.15) is 0 Å². The quantitative estimate of drug-likeness (QED) is 0.553. The molecule has 0 aliphatic heterocycles. The molecule has 2 rings (SSSR count). The third-order valence-corrected chi connectivity index (χ3v) is 5.72. The highest BCUT2D eigenvalue weighted by Gasteiger charge is 2.12. The Morgan fingerprint density at radius 3 is 1.79 bits per heavy atom. The van der Waals surface area contributed by atoms with Crippen LogP contribution < -0.4 is 10.6 Å². The predicted octanol–water partition coefficient (Wildman–Crippen LogP) is 3.55. The van der Waals surface area contributed by atoms with Gasteiger partial charge in [0, 0.05) is 13.7 Å². The zero-order valence-corrected chi connectivity index (χ0v) is 12.4. The van der Waals surface area contributed by atoms with E-state index in [1.165, 1.54) is 23.2 Å². The van der Waals surface area contributed by atoms with Gasteiger partial charge in [-0.25, -0.2) is 0 Å². The Morgan fingerprint density at radius 2 is 1.32 bits per heavy atom. The van der Waals surface area contributed by atoms with Gasteiger partial charge in [-0.1, -0.05) is 60.7 Å². The van der Waals surface area contributed by atoms with Gasteiger partial charge in [-0.15, -0.1) is 0 Å². The third kappa shape index (κ3) is 4.45. The lowest BCUT2D eigenvalue weighted by Crippen LogP contribution is -2.14.